The molecule has 0 unspecified atom stereocenters. The number of ketones is 1. The summed E-state index contributed by atoms with van der Waals surface area (Å²) in [6.45, 7) is 12.4. The molecule has 0 spiro atoms. The molecule has 0 atom stereocenters. The van der Waals surface area contributed by atoms with Crippen molar-refractivity contribution < 1.29 is 9.90 Å². The minimum Gasteiger partial charge on any atom is -0.507 e. The zero-order chi connectivity index (χ0) is 22.7. The average Bonchev–Trinajstić information content (AvgIpc) is 3.02. The van der Waals surface area contributed by atoms with Gasteiger partial charge >= 0.3 is 0 Å². The Morgan fingerprint density at radius 3 is 2.03 bits per heavy atom. The van der Waals surface area contributed by atoms with Crippen LogP contribution in [0.15, 0.2) is 28.3 Å². The number of phenolic OH excluding ortho intramolecular Hbond substituents is 1. The van der Waals surface area contributed by atoms with E-state index in [9.17, 15) is 9.90 Å². The highest BCUT2D eigenvalue weighted by molar-refractivity contribution is 8.06. The molecular weight excluding hydrogens is 414 g/mol. The third kappa shape index (κ3) is 5.41. The van der Waals surface area contributed by atoms with Gasteiger partial charge in [0, 0.05) is 24.4 Å². The molecule has 30 heavy (non-hydrogen) atoms. The van der Waals surface area contributed by atoms with Gasteiger partial charge in [-0.15, -0.1) is 0 Å². The summed E-state index contributed by atoms with van der Waals surface area (Å²) in [6.07, 6.45) is 2.36. The molecule has 1 aromatic heterocycles. The van der Waals surface area contributed by atoms with Crippen molar-refractivity contribution in [3.05, 3.63) is 40.6 Å². The Kier molecular flexibility index (Phi) is 7.34. The normalized spacial score (nSPS) is 11.7. The number of rotatable bonds is 6. The Bertz CT molecular complexity index is 994. The molecule has 0 saturated carbocycles. The molecule has 0 radical (unpaired) electrons. The second kappa shape index (κ2) is 9.20. The van der Waals surface area contributed by atoms with Gasteiger partial charge < -0.3 is 10.1 Å². The Hall–Kier alpha value is -2.35. The monoisotopic (exact) mass is 441 g/mol. The van der Waals surface area contributed by atoms with E-state index in [1.807, 2.05) is 22.9 Å². The van der Waals surface area contributed by atoms with Crippen LogP contribution in [0.1, 0.15) is 75.0 Å². The van der Waals surface area contributed by atoms with Gasteiger partial charge in [-0.1, -0.05) is 53.7 Å². The lowest BCUT2D eigenvalue weighted by molar-refractivity contribution is 0.0980. The number of nitrogens with one attached hydrogen (secondary N) is 1. The molecule has 1 aromatic carbocycles. The maximum atomic E-state index is 12.9. The summed E-state index contributed by atoms with van der Waals surface area (Å²) >= 11 is 1.79. The van der Waals surface area contributed by atoms with Gasteiger partial charge in [0.2, 0.25) is 0 Å². The van der Waals surface area contributed by atoms with Gasteiger partial charge in [-0.25, -0.2) is 0 Å². The van der Waals surface area contributed by atoms with Gasteiger partial charge in [0.1, 0.15) is 21.6 Å². The Balaban J connectivity index is 2.35. The van der Waals surface area contributed by atoms with Crippen LogP contribution >= 0.6 is 23.5 Å². The highest BCUT2D eigenvalue weighted by atomic mass is 32.2. The largest absolute Gasteiger partial charge is 0.507 e. The number of carbonyl (C=O) groups excluding carboxylic acids is 1. The highest BCUT2D eigenvalue weighted by Crippen LogP contribution is 2.40. The van der Waals surface area contributed by atoms with E-state index in [4.69, 9.17) is 10.5 Å². The third-order valence-electron chi connectivity index (χ3n) is 4.82. The van der Waals surface area contributed by atoms with E-state index in [-0.39, 0.29) is 23.0 Å². The SMILES string of the molecule is CC(C)(C)c1cc(CCC(=O)c2c[nH]c(SC#N)c2SC#N)cc(C(C)(C)C)c1O. The van der Waals surface area contributed by atoms with Crippen molar-refractivity contribution in [2.75, 3.05) is 0 Å². The Labute approximate surface area is 186 Å². The molecule has 0 aliphatic heterocycles. The summed E-state index contributed by atoms with van der Waals surface area (Å²) in [6, 6.07) is 3.97. The first kappa shape index (κ1) is 23.9. The number of thioether (sulfide) groups is 2. The van der Waals surface area contributed by atoms with Crippen LogP contribution in [0.2, 0.25) is 0 Å². The molecule has 0 saturated heterocycles. The van der Waals surface area contributed by atoms with Crippen LogP contribution in [0.5, 0.6) is 5.75 Å². The summed E-state index contributed by atoms with van der Waals surface area (Å²) in [7, 11) is 0. The molecule has 0 bridgehead atoms. The molecule has 0 aliphatic rings. The number of phenols is 1. The first-order chi connectivity index (χ1) is 13.9. The van der Waals surface area contributed by atoms with Crippen LogP contribution in [0.25, 0.3) is 0 Å². The predicted octanol–water partition coefficient (Wildman–Crippen LogP) is 6.28. The van der Waals surface area contributed by atoms with Crippen molar-refractivity contribution >= 4 is 29.3 Å². The number of H-pyrrole nitrogens is 1. The zero-order valence-corrected chi connectivity index (χ0v) is 19.8. The van der Waals surface area contributed by atoms with E-state index in [1.54, 1.807) is 6.20 Å². The second-order valence-corrected chi connectivity index (χ2v) is 10.8. The number of hydrogen-bond donors (Lipinski definition) is 2. The molecular formula is C23H27N3O2S2. The van der Waals surface area contributed by atoms with Crippen molar-refractivity contribution in [1.82, 2.24) is 4.98 Å². The summed E-state index contributed by atoms with van der Waals surface area (Å²) in [5, 5.41) is 33.3. The van der Waals surface area contributed by atoms with Crippen molar-refractivity contribution in [3.63, 3.8) is 0 Å². The van der Waals surface area contributed by atoms with E-state index in [0.717, 1.165) is 40.2 Å². The van der Waals surface area contributed by atoms with E-state index in [0.29, 0.717) is 27.7 Å². The molecule has 2 N–H and O–H groups in total. The molecule has 5 nitrogen and oxygen atoms in total. The van der Waals surface area contributed by atoms with Crippen molar-refractivity contribution in [3.8, 4) is 16.6 Å². The van der Waals surface area contributed by atoms with Gasteiger partial charge in [0.15, 0.2) is 5.78 Å². The number of nitrogens with zero attached hydrogens (tertiary/aromatic N) is 2. The van der Waals surface area contributed by atoms with Gasteiger partial charge in [0.25, 0.3) is 0 Å². The van der Waals surface area contributed by atoms with E-state index >= 15 is 0 Å². The van der Waals surface area contributed by atoms with E-state index in [2.05, 4.69) is 46.5 Å². The summed E-state index contributed by atoms with van der Waals surface area (Å²) < 4.78 is 0. The average molecular weight is 442 g/mol. The van der Waals surface area contributed by atoms with Crippen LogP contribution in [0, 0.1) is 21.3 Å². The lowest BCUT2D eigenvalue weighted by Crippen LogP contribution is -2.18. The van der Waals surface area contributed by atoms with Crippen molar-refractivity contribution in [2.45, 2.75) is 75.1 Å². The molecule has 0 aliphatic carbocycles. The number of thiocyanates is 2. The fourth-order valence-electron chi connectivity index (χ4n) is 3.24. The smallest absolute Gasteiger partial charge is 0.165 e. The van der Waals surface area contributed by atoms with Crippen molar-refractivity contribution in [1.29, 1.82) is 10.5 Å². The topological polar surface area (TPSA) is 101 Å². The summed E-state index contributed by atoms with van der Waals surface area (Å²) in [5.74, 6) is 0.234. The van der Waals surface area contributed by atoms with Gasteiger partial charge in [-0.05, 0) is 45.7 Å². The summed E-state index contributed by atoms with van der Waals surface area (Å²) in [5.41, 5.74) is 2.70. The van der Waals surface area contributed by atoms with Gasteiger partial charge in [-0.3, -0.25) is 4.79 Å². The second-order valence-electron chi connectivity index (χ2n) is 9.21. The number of benzene rings is 1. The maximum Gasteiger partial charge on any atom is 0.165 e. The van der Waals surface area contributed by atoms with E-state index in [1.165, 1.54) is 0 Å². The number of nitriles is 2. The molecule has 0 fully saturated rings. The van der Waals surface area contributed by atoms with Crippen LogP contribution in [-0.4, -0.2) is 15.9 Å². The minimum absolute atomic E-state index is 0.0866. The number of Topliss-reactive ketones (excluding diaryl/α,β-unsaturated/α-hetero) is 1. The fourth-order valence-corrected chi connectivity index (χ4v) is 4.43. The van der Waals surface area contributed by atoms with Crippen molar-refractivity contribution in [2.24, 2.45) is 0 Å². The quantitative estimate of drug-likeness (QED) is 0.311. The number of aryl methyl sites for hydroxylation is 1. The Morgan fingerprint density at radius 2 is 1.57 bits per heavy atom. The first-order valence-electron chi connectivity index (χ1n) is 9.63. The third-order valence-corrected chi connectivity index (χ3v) is 6.29. The highest BCUT2D eigenvalue weighted by Gasteiger charge is 2.27. The molecule has 0 amide bonds. The number of aromatic nitrogens is 1. The number of aromatic amines is 1. The summed E-state index contributed by atoms with van der Waals surface area (Å²) in [4.78, 5) is 16.3. The molecule has 1 heterocycles. The standard InChI is InChI=1S/C23H27N3O2S2/c1-22(2,3)16-9-14(10-17(19(16)28)23(4,5)6)7-8-18(27)15-11-26-21(30-13-25)20(15)29-12-24/h9-11,26,28H,7-8H2,1-6H3. The maximum absolute atomic E-state index is 12.9. The van der Waals surface area contributed by atoms with Crippen LogP contribution in [-0.2, 0) is 17.3 Å². The minimum atomic E-state index is -0.231. The molecule has 158 valence electrons. The van der Waals surface area contributed by atoms with E-state index < -0.39 is 0 Å². The number of hydrogen-bond acceptors (Lipinski definition) is 6. The lowest BCUT2D eigenvalue weighted by atomic mass is 9.78. The predicted molar refractivity (Wildman–Crippen MR) is 122 cm³/mol. The number of aromatic hydroxyl groups is 1. The zero-order valence-electron chi connectivity index (χ0n) is 18.2. The Morgan fingerprint density at radius 1 is 1.03 bits per heavy atom. The molecule has 2 aromatic rings. The van der Waals surface area contributed by atoms with Crippen LogP contribution in [0.3, 0.4) is 0 Å². The molecule has 7 heteroatoms. The van der Waals surface area contributed by atoms with Gasteiger partial charge in [0.05, 0.1) is 10.5 Å². The number of carbonyl (C=O) groups is 1. The van der Waals surface area contributed by atoms with Gasteiger partial charge in [-0.2, -0.15) is 10.5 Å². The van der Waals surface area contributed by atoms with Crippen LogP contribution in [0.4, 0.5) is 0 Å². The fraction of sp³-hybridized carbons (Fsp3) is 0.435. The van der Waals surface area contributed by atoms with Crippen LogP contribution < -0.4 is 0 Å². The molecule has 2 rings (SSSR count). The first-order valence-corrected chi connectivity index (χ1v) is 11.3. The lowest BCUT2D eigenvalue weighted by Gasteiger charge is -2.28.